The molecule has 0 spiro atoms. The molecule has 256 valence electrons. The van der Waals surface area contributed by atoms with E-state index >= 15 is 0 Å². The number of aliphatic hydroxyl groups excluding tert-OH is 1. The lowest BCUT2D eigenvalue weighted by atomic mass is 9.85. The Hall–Kier alpha value is -2.80. The highest BCUT2D eigenvalue weighted by Gasteiger charge is 2.48. The quantitative estimate of drug-likeness (QED) is 0.270. The summed E-state index contributed by atoms with van der Waals surface area (Å²) in [6, 6.07) is 5.18. The average Bonchev–Trinajstić information content (AvgIpc) is 3.53. The minimum atomic E-state index is -2.24. The molecule has 0 radical (unpaired) electrons. The molecular formula is C34H54N4O6SSi. The smallest absolute Gasteiger partial charge is 0.408 e. The molecule has 1 aliphatic heterocycles. The average molecular weight is 675 g/mol. The summed E-state index contributed by atoms with van der Waals surface area (Å²) in [5.74, 6) is -0.772. The lowest BCUT2D eigenvalue weighted by molar-refractivity contribution is -0.142. The van der Waals surface area contributed by atoms with Gasteiger partial charge < -0.3 is 29.8 Å². The van der Waals surface area contributed by atoms with Gasteiger partial charge in [0.25, 0.3) is 0 Å². The first-order chi connectivity index (χ1) is 21.0. The molecule has 4 atom stereocenters. The maximum absolute atomic E-state index is 14.3. The second-order valence-corrected chi connectivity index (χ2v) is 21.4. The molecule has 0 aliphatic carbocycles. The minimum absolute atomic E-state index is 0.0692. The van der Waals surface area contributed by atoms with Crippen molar-refractivity contribution in [3.8, 4) is 10.4 Å². The Morgan fingerprint density at radius 3 is 2.13 bits per heavy atom. The summed E-state index contributed by atoms with van der Waals surface area (Å²) in [7, 11) is -2.24. The topological polar surface area (TPSA) is 130 Å². The van der Waals surface area contributed by atoms with Crippen LogP contribution in [0.5, 0.6) is 0 Å². The van der Waals surface area contributed by atoms with Gasteiger partial charge in [0.05, 0.1) is 34.8 Å². The van der Waals surface area contributed by atoms with Gasteiger partial charge >= 0.3 is 6.09 Å². The van der Waals surface area contributed by atoms with Gasteiger partial charge in [-0.25, -0.2) is 9.78 Å². The monoisotopic (exact) mass is 674 g/mol. The molecule has 1 fully saturated rings. The van der Waals surface area contributed by atoms with Crippen LogP contribution in [0.3, 0.4) is 0 Å². The van der Waals surface area contributed by atoms with Gasteiger partial charge in [-0.3, -0.25) is 9.59 Å². The first-order valence-electron chi connectivity index (χ1n) is 15.9. The molecule has 3 N–H and O–H groups in total. The number of rotatable bonds is 9. The second-order valence-electron chi connectivity index (χ2n) is 15.8. The van der Waals surface area contributed by atoms with Gasteiger partial charge in [0.15, 0.2) is 8.32 Å². The van der Waals surface area contributed by atoms with Crippen LogP contribution in [-0.2, 0) is 18.8 Å². The molecule has 10 nitrogen and oxygen atoms in total. The third kappa shape index (κ3) is 9.39. The van der Waals surface area contributed by atoms with Crippen molar-refractivity contribution in [2.75, 3.05) is 13.2 Å². The zero-order valence-electron chi connectivity index (χ0n) is 29.6. The summed E-state index contributed by atoms with van der Waals surface area (Å²) in [6.45, 7) is 23.4. The van der Waals surface area contributed by atoms with Crippen LogP contribution in [0.4, 0.5) is 4.79 Å². The third-order valence-electron chi connectivity index (χ3n) is 8.71. The van der Waals surface area contributed by atoms with Crippen molar-refractivity contribution >= 4 is 37.6 Å². The normalized spacial score (nSPS) is 19.0. The molecule has 12 heteroatoms. The van der Waals surface area contributed by atoms with Crippen LogP contribution in [0.2, 0.25) is 18.1 Å². The van der Waals surface area contributed by atoms with E-state index in [0.717, 1.165) is 21.7 Å². The molecule has 0 unspecified atom stereocenters. The Morgan fingerprint density at radius 1 is 1.04 bits per heavy atom. The summed E-state index contributed by atoms with van der Waals surface area (Å²) in [5, 5.41) is 16.0. The molecule has 2 aromatic rings. The van der Waals surface area contributed by atoms with Crippen molar-refractivity contribution < 1.29 is 28.7 Å². The Labute approximate surface area is 279 Å². The number of benzene rings is 1. The van der Waals surface area contributed by atoms with E-state index in [-0.39, 0.29) is 36.1 Å². The zero-order valence-corrected chi connectivity index (χ0v) is 31.4. The number of ether oxygens (including phenoxy) is 1. The number of thiazole rings is 1. The van der Waals surface area contributed by atoms with E-state index in [1.807, 2.05) is 52.0 Å². The highest BCUT2D eigenvalue weighted by Crippen LogP contribution is 2.39. The van der Waals surface area contributed by atoms with Crippen molar-refractivity contribution in [1.29, 1.82) is 0 Å². The van der Waals surface area contributed by atoms with Gasteiger partial charge in [-0.15, -0.1) is 11.3 Å². The van der Waals surface area contributed by atoms with Gasteiger partial charge in [-0.05, 0) is 62.4 Å². The first kappa shape index (κ1) is 37.7. The summed E-state index contributed by atoms with van der Waals surface area (Å²) >= 11 is 1.56. The maximum Gasteiger partial charge on any atom is 0.408 e. The van der Waals surface area contributed by atoms with Crippen molar-refractivity contribution in [3.05, 3.63) is 41.0 Å². The molecule has 2 heterocycles. The number of nitrogens with one attached hydrogen (secondary N) is 2. The highest BCUT2D eigenvalue weighted by atomic mass is 32.1. The Balaban J connectivity index is 1.90. The molecule has 3 amide bonds. The van der Waals surface area contributed by atoms with Gasteiger partial charge in [0, 0.05) is 13.0 Å². The van der Waals surface area contributed by atoms with Crippen LogP contribution >= 0.6 is 11.3 Å². The standard InChI is InChI=1S/C34H54N4O6SSi/c1-21-27(45-20-35-21)23-15-13-22(14-16-23)25(19-39)36-29(40)26-17-24(44-46(11,12)34(8,9)10)18-38(26)30(41)28(32(2,3)4)37-31(42)43-33(5,6)7/h13-16,20,24-26,28,39H,17-19H2,1-12H3,(H,36,40)(H,37,42)/t24-,25+,26+,28-/m1/s1. The van der Waals surface area contributed by atoms with E-state index in [4.69, 9.17) is 9.16 Å². The van der Waals surface area contributed by atoms with Gasteiger partial charge in [-0.2, -0.15) is 0 Å². The molecule has 1 aliphatic rings. The van der Waals surface area contributed by atoms with Crippen molar-refractivity contribution in [2.24, 2.45) is 5.41 Å². The number of hydrogen-bond donors (Lipinski definition) is 3. The van der Waals surface area contributed by atoms with Crippen molar-refractivity contribution in [2.45, 2.75) is 124 Å². The zero-order chi connectivity index (χ0) is 34.8. The first-order valence-corrected chi connectivity index (χ1v) is 19.7. The number of amides is 3. The van der Waals surface area contributed by atoms with E-state index in [0.29, 0.717) is 6.42 Å². The predicted molar refractivity (Wildman–Crippen MR) is 185 cm³/mol. The van der Waals surface area contributed by atoms with E-state index in [1.54, 1.807) is 37.6 Å². The number of likely N-dealkylation sites (tertiary alicyclic amines) is 1. The van der Waals surface area contributed by atoms with Crippen LogP contribution in [0.1, 0.15) is 86.0 Å². The summed E-state index contributed by atoms with van der Waals surface area (Å²) in [6.07, 6.45) is -0.764. The summed E-state index contributed by atoms with van der Waals surface area (Å²) in [4.78, 5) is 48.1. The van der Waals surface area contributed by atoms with E-state index in [1.165, 1.54) is 4.90 Å². The molecule has 46 heavy (non-hydrogen) atoms. The van der Waals surface area contributed by atoms with Crippen LogP contribution in [0.15, 0.2) is 29.8 Å². The van der Waals surface area contributed by atoms with Crippen molar-refractivity contribution in [3.63, 3.8) is 0 Å². The molecular weight excluding hydrogens is 621 g/mol. The molecule has 1 aromatic carbocycles. The lowest BCUT2D eigenvalue weighted by Gasteiger charge is -2.38. The number of carbonyl (C=O) groups excluding carboxylic acids is 3. The predicted octanol–water partition coefficient (Wildman–Crippen LogP) is 6.20. The number of hydrogen-bond acceptors (Lipinski definition) is 8. The van der Waals surface area contributed by atoms with Crippen LogP contribution in [0.25, 0.3) is 10.4 Å². The maximum atomic E-state index is 14.3. The molecule has 0 bridgehead atoms. The molecule has 1 saturated heterocycles. The number of aryl methyl sites for hydroxylation is 1. The fourth-order valence-electron chi connectivity index (χ4n) is 5.16. The van der Waals surface area contributed by atoms with Gasteiger partial charge in [-0.1, -0.05) is 65.8 Å². The number of nitrogens with zero attached hydrogens (tertiary/aromatic N) is 2. The summed E-state index contributed by atoms with van der Waals surface area (Å²) < 4.78 is 12.2. The fraction of sp³-hybridized carbons (Fsp3) is 0.647. The SMILES string of the molecule is Cc1ncsc1-c1ccc([C@H](CO)NC(=O)[C@@H]2C[C@@H](O[Si](C)(C)C(C)(C)C)CN2C(=O)[C@@H](NC(=O)OC(C)(C)C)C(C)(C)C)cc1. The molecule has 1 aromatic heterocycles. The minimum Gasteiger partial charge on any atom is -0.444 e. The van der Waals surface area contributed by atoms with Gasteiger partial charge in [0.1, 0.15) is 17.7 Å². The molecule has 3 rings (SSSR count). The van der Waals surface area contributed by atoms with Gasteiger partial charge in [0.2, 0.25) is 11.8 Å². The van der Waals surface area contributed by atoms with Crippen LogP contribution in [-0.4, -0.2) is 78.2 Å². The van der Waals surface area contributed by atoms with E-state index in [9.17, 15) is 19.5 Å². The number of aromatic nitrogens is 1. The molecule has 0 saturated carbocycles. The lowest BCUT2D eigenvalue weighted by Crippen LogP contribution is -2.58. The largest absolute Gasteiger partial charge is 0.444 e. The summed E-state index contributed by atoms with van der Waals surface area (Å²) in [5.41, 5.74) is 3.07. The Kier molecular flexibility index (Phi) is 11.6. The van der Waals surface area contributed by atoms with Crippen molar-refractivity contribution in [1.82, 2.24) is 20.5 Å². The van der Waals surface area contributed by atoms with E-state index < -0.39 is 43.6 Å². The third-order valence-corrected chi connectivity index (χ3v) is 14.2. The number of carbonyl (C=O) groups is 3. The van der Waals surface area contributed by atoms with Crippen LogP contribution in [0, 0.1) is 12.3 Å². The Morgan fingerprint density at radius 2 is 1.65 bits per heavy atom. The Bertz CT molecular complexity index is 1370. The van der Waals surface area contributed by atoms with E-state index in [2.05, 4.69) is 49.5 Å². The highest BCUT2D eigenvalue weighted by molar-refractivity contribution is 7.13. The number of alkyl carbamates (subject to hydrolysis) is 1. The fourth-order valence-corrected chi connectivity index (χ4v) is 7.33. The number of aliphatic hydroxyl groups is 1. The van der Waals surface area contributed by atoms with Crippen LogP contribution < -0.4 is 10.6 Å². The second kappa shape index (κ2) is 14.1.